The highest BCUT2D eigenvalue weighted by Gasteiger charge is 2.25. The summed E-state index contributed by atoms with van der Waals surface area (Å²) in [6, 6.07) is 4.23. The Bertz CT molecular complexity index is 1190. The second-order valence-electron chi connectivity index (χ2n) is 11.2. The van der Waals surface area contributed by atoms with Crippen molar-refractivity contribution in [1.29, 1.82) is 0 Å². The zero-order chi connectivity index (χ0) is 25.1. The number of rotatable bonds is 8. The lowest BCUT2D eigenvalue weighted by molar-refractivity contribution is -0.123. The van der Waals surface area contributed by atoms with E-state index < -0.39 is 0 Å². The average molecular weight is 489 g/mol. The van der Waals surface area contributed by atoms with Crippen LogP contribution in [0.1, 0.15) is 57.3 Å². The number of Topliss-reactive ketones (excluding diaryl/α,β-unsaturated/α-hetero) is 1. The predicted molar refractivity (Wildman–Crippen MR) is 144 cm³/mol. The number of likely N-dealkylation sites (tertiary alicyclic amines) is 2. The van der Waals surface area contributed by atoms with Gasteiger partial charge in [0.2, 0.25) is 0 Å². The second-order valence-corrected chi connectivity index (χ2v) is 11.2. The molecule has 2 aliphatic rings. The summed E-state index contributed by atoms with van der Waals surface area (Å²) in [5.74, 6) is 1.15. The van der Waals surface area contributed by atoms with Crippen molar-refractivity contribution in [2.45, 2.75) is 58.9 Å². The summed E-state index contributed by atoms with van der Waals surface area (Å²) in [5.41, 5.74) is 5.14. The van der Waals surface area contributed by atoms with Crippen molar-refractivity contribution in [2.75, 3.05) is 32.7 Å². The van der Waals surface area contributed by atoms with E-state index in [4.69, 9.17) is 4.98 Å². The molecule has 0 atom stereocenters. The maximum atomic E-state index is 13.1. The molecule has 5 rings (SSSR count). The van der Waals surface area contributed by atoms with Crippen LogP contribution in [0.25, 0.3) is 22.0 Å². The van der Waals surface area contributed by atoms with Gasteiger partial charge >= 0.3 is 0 Å². The molecule has 192 valence electrons. The Hall–Kier alpha value is -2.64. The molecule has 3 aromatic rings. The monoisotopic (exact) mass is 488 g/mol. The number of aryl methyl sites for hydroxylation is 1. The van der Waals surface area contributed by atoms with Crippen LogP contribution in [0.3, 0.4) is 0 Å². The summed E-state index contributed by atoms with van der Waals surface area (Å²) in [6.07, 6.45) is 11.9. The van der Waals surface area contributed by atoms with Crippen molar-refractivity contribution in [3.05, 3.63) is 42.1 Å². The van der Waals surface area contributed by atoms with Crippen LogP contribution in [-0.2, 0) is 24.8 Å². The van der Waals surface area contributed by atoms with Crippen LogP contribution < -0.4 is 0 Å². The largest absolute Gasteiger partial charge is 0.303 e. The number of carbonyl (C=O) groups is 1. The predicted octanol–water partition coefficient (Wildman–Crippen LogP) is 4.50. The van der Waals surface area contributed by atoms with Gasteiger partial charge < -0.3 is 4.90 Å². The van der Waals surface area contributed by atoms with Crippen LogP contribution in [0.2, 0.25) is 0 Å². The van der Waals surface area contributed by atoms with Gasteiger partial charge in [-0.05, 0) is 69.9 Å². The number of hydrogen-bond acceptors (Lipinski definition) is 6. The van der Waals surface area contributed by atoms with E-state index in [2.05, 4.69) is 45.9 Å². The Morgan fingerprint density at radius 1 is 0.972 bits per heavy atom. The lowest BCUT2D eigenvalue weighted by Crippen LogP contribution is -2.38. The van der Waals surface area contributed by atoms with Gasteiger partial charge in [0, 0.05) is 60.9 Å². The first kappa shape index (κ1) is 25.0. The van der Waals surface area contributed by atoms with Gasteiger partial charge in [0.05, 0.1) is 23.6 Å². The number of hydrogen-bond donors (Lipinski definition) is 0. The molecule has 7 nitrogen and oxygen atoms in total. The maximum absolute atomic E-state index is 13.1. The Morgan fingerprint density at radius 2 is 1.75 bits per heavy atom. The van der Waals surface area contributed by atoms with Gasteiger partial charge in [-0.25, -0.2) is 0 Å². The van der Waals surface area contributed by atoms with Crippen molar-refractivity contribution < 1.29 is 4.79 Å². The van der Waals surface area contributed by atoms with E-state index in [1.165, 1.54) is 25.0 Å². The highest BCUT2D eigenvalue weighted by molar-refractivity contribution is 5.86. The standard InChI is InChI=1S/C29H40N6O/c1-21(2)19-35-11-7-22(8-12-35)29(36)15-25-14-23-13-24(16-31-27(23)18-30-25)26-17-32-33(3)28(26)20-34-9-5-4-6-10-34/h13-14,16-18,21-22H,4-12,15,19-20H2,1-3H3. The van der Waals surface area contributed by atoms with Gasteiger partial charge in [-0.2, -0.15) is 5.10 Å². The summed E-state index contributed by atoms with van der Waals surface area (Å²) in [5, 5.41) is 5.60. The van der Waals surface area contributed by atoms with Gasteiger partial charge in [-0.15, -0.1) is 0 Å². The quantitative estimate of drug-likeness (QED) is 0.465. The second kappa shape index (κ2) is 11.2. The molecule has 0 bridgehead atoms. The minimum Gasteiger partial charge on any atom is -0.303 e. The first-order valence-electron chi connectivity index (χ1n) is 13.7. The third-order valence-corrected chi connectivity index (χ3v) is 7.84. The summed E-state index contributed by atoms with van der Waals surface area (Å²) in [7, 11) is 2.03. The molecule has 0 saturated carbocycles. The smallest absolute Gasteiger partial charge is 0.142 e. The Balaban J connectivity index is 1.30. The van der Waals surface area contributed by atoms with Gasteiger partial charge in [0.1, 0.15) is 5.78 Å². The van der Waals surface area contributed by atoms with Crippen molar-refractivity contribution in [3.8, 4) is 11.1 Å². The normalized spacial score (nSPS) is 18.3. The number of fused-ring (bicyclic) bond motifs is 1. The summed E-state index contributed by atoms with van der Waals surface area (Å²) in [6.45, 7) is 10.9. The SMILES string of the molecule is CC(C)CN1CCC(C(=O)Cc2cc3cc(-c4cnn(C)c4CN4CCCCC4)cnc3cn2)CC1. The lowest BCUT2D eigenvalue weighted by Gasteiger charge is -2.32. The minimum atomic E-state index is 0.156. The van der Waals surface area contributed by atoms with Crippen molar-refractivity contribution in [1.82, 2.24) is 29.5 Å². The molecule has 0 spiro atoms. The van der Waals surface area contributed by atoms with E-state index in [9.17, 15) is 4.79 Å². The molecule has 5 heterocycles. The third kappa shape index (κ3) is 5.84. The Kier molecular flexibility index (Phi) is 7.77. The number of aromatic nitrogens is 4. The zero-order valence-electron chi connectivity index (χ0n) is 22.1. The number of ketones is 1. The molecular formula is C29H40N6O. The first-order chi connectivity index (χ1) is 17.5. The minimum absolute atomic E-state index is 0.156. The third-order valence-electron chi connectivity index (χ3n) is 7.84. The van der Waals surface area contributed by atoms with E-state index >= 15 is 0 Å². The van der Waals surface area contributed by atoms with Crippen LogP contribution in [-0.4, -0.2) is 68.1 Å². The molecule has 2 fully saturated rings. The molecule has 2 aliphatic heterocycles. The van der Waals surface area contributed by atoms with E-state index in [1.54, 1.807) is 0 Å². The molecule has 2 saturated heterocycles. The number of carbonyl (C=O) groups excluding carboxylic acids is 1. The summed E-state index contributed by atoms with van der Waals surface area (Å²) >= 11 is 0. The molecule has 7 heteroatoms. The van der Waals surface area contributed by atoms with Gasteiger partial charge in [-0.1, -0.05) is 20.3 Å². The summed E-state index contributed by atoms with van der Waals surface area (Å²) < 4.78 is 2.00. The molecule has 3 aromatic heterocycles. The zero-order valence-corrected chi connectivity index (χ0v) is 22.1. The molecule has 0 radical (unpaired) electrons. The van der Waals surface area contributed by atoms with E-state index in [1.807, 2.05) is 30.3 Å². The van der Waals surface area contributed by atoms with E-state index in [-0.39, 0.29) is 5.92 Å². The first-order valence-corrected chi connectivity index (χ1v) is 13.7. The molecule has 0 aromatic carbocycles. The van der Waals surface area contributed by atoms with Crippen molar-refractivity contribution >= 4 is 16.7 Å². The fourth-order valence-corrected chi connectivity index (χ4v) is 5.82. The van der Waals surface area contributed by atoms with Crippen LogP contribution >= 0.6 is 0 Å². The fourth-order valence-electron chi connectivity index (χ4n) is 5.82. The Morgan fingerprint density at radius 3 is 2.50 bits per heavy atom. The van der Waals surface area contributed by atoms with Crippen LogP contribution in [0.5, 0.6) is 0 Å². The van der Waals surface area contributed by atoms with Crippen molar-refractivity contribution in [2.24, 2.45) is 18.9 Å². The fraction of sp³-hybridized carbons (Fsp3) is 0.586. The molecule has 0 amide bonds. The highest BCUT2D eigenvalue weighted by Crippen LogP contribution is 2.28. The maximum Gasteiger partial charge on any atom is 0.142 e. The molecule has 0 unspecified atom stereocenters. The van der Waals surface area contributed by atoms with Gasteiger partial charge in [0.15, 0.2) is 0 Å². The molecule has 0 aliphatic carbocycles. The van der Waals surface area contributed by atoms with Crippen LogP contribution in [0, 0.1) is 11.8 Å². The average Bonchev–Trinajstić information content (AvgIpc) is 3.24. The van der Waals surface area contributed by atoms with Crippen molar-refractivity contribution in [3.63, 3.8) is 0 Å². The number of pyridine rings is 2. The molecule has 36 heavy (non-hydrogen) atoms. The summed E-state index contributed by atoms with van der Waals surface area (Å²) in [4.78, 5) is 27.4. The Labute approximate surface area is 214 Å². The molecular weight excluding hydrogens is 448 g/mol. The van der Waals surface area contributed by atoms with Gasteiger partial charge in [-0.3, -0.25) is 24.3 Å². The van der Waals surface area contributed by atoms with Gasteiger partial charge in [0.25, 0.3) is 0 Å². The molecule has 0 N–H and O–H groups in total. The lowest BCUT2D eigenvalue weighted by atomic mass is 9.90. The number of piperidine rings is 2. The van der Waals surface area contributed by atoms with Crippen LogP contribution in [0.4, 0.5) is 0 Å². The van der Waals surface area contributed by atoms with Crippen LogP contribution in [0.15, 0.2) is 30.7 Å². The number of nitrogens with zero attached hydrogens (tertiary/aromatic N) is 6. The topological polar surface area (TPSA) is 67.2 Å². The van der Waals surface area contributed by atoms with E-state index in [0.29, 0.717) is 18.1 Å². The van der Waals surface area contributed by atoms with E-state index in [0.717, 1.165) is 79.8 Å². The highest BCUT2D eigenvalue weighted by atomic mass is 16.1.